The van der Waals surface area contributed by atoms with E-state index in [0.29, 0.717) is 0 Å². The Balaban J connectivity index is 3.07. The van der Waals surface area contributed by atoms with Crippen LogP contribution >= 0.6 is 0 Å². The molecule has 0 aromatic carbocycles. The molecule has 0 aliphatic heterocycles. The monoisotopic (exact) mass is 84.1 g/mol. The van der Waals surface area contributed by atoms with E-state index in [1.807, 2.05) is 6.92 Å². The highest BCUT2D eigenvalue weighted by molar-refractivity contribution is 5.70. The van der Waals surface area contributed by atoms with Gasteiger partial charge in [0, 0.05) is 13.3 Å². The highest BCUT2D eigenvalue weighted by Crippen LogP contribution is 1.53. The van der Waals surface area contributed by atoms with Crippen molar-refractivity contribution >= 4 is 12.6 Å². The maximum atomic E-state index is 3.67. The molecule has 0 saturated heterocycles. The van der Waals surface area contributed by atoms with E-state index >= 15 is 0 Å². The zero-order valence-electron chi connectivity index (χ0n) is 4.05. The van der Waals surface area contributed by atoms with Gasteiger partial charge in [0.25, 0.3) is 0 Å². The predicted octanol–water partition coefficient (Wildman–Crippen LogP) is 0.735. The molecule has 6 heavy (non-hydrogen) atoms. The predicted molar refractivity (Wildman–Crippen MR) is 28.6 cm³/mol. The SMILES string of the molecule is C/C=N/C=N\C. The topological polar surface area (TPSA) is 24.7 Å². The fourth-order valence-corrected chi connectivity index (χ4v) is 0.133. The van der Waals surface area contributed by atoms with E-state index in [-0.39, 0.29) is 0 Å². The second kappa shape index (κ2) is 4.34. The number of hydrogen-bond donors (Lipinski definition) is 0. The fourth-order valence-electron chi connectivity index (χ4n) is 0.133. The first-order chi connectivity index (χ1) is 2.91. The van der Waals surface area contributed by atoms with Crippen LogP contribution in [0.15, 0.2) is 9.98 Å². The first-order valence-electron chi connectivity index (χ1n) is 1.80. The van der Waals surface area contributed by atoms with Gasteiger partial charge >= 0.3 is 0 Å². The number of aliphatic imine (C=N–C) groups is 2. The molecule has 0 amide bonds. The van der Waals surface area contributed by atoms with Crippen LogP contribution < -0.4 is 0 Å². The van der Waals surface area contributed by atoms with Gasteiger partial charge in [0.05, 0.1) is 0 Å². The Labute approximate surface area is 37.6 Å². The summed E-state index contributed by atoms with van der Waals surface area (Å²) in [6, 6.07) is 0. The molecule has 0 atom stereocenters. The Morgan fingerprint density at radius 1 is 1.50 bits per heavy atom. The number of nitrogens with zero attached hydrogens (tertiary/aromatic N) is 2. The lowest BCUT2D eigenvalue weighted by atomic mass is 10.9. The van der Waals surface area contributed by atoms with Crippen LogP contribution in [0.25, 0.3) is 0 Å². The summed E-state index contributed by atoms with van der Waals surface area (Å²) in [6.07, 6.45) is 3.19. The van der Waals surface area contributed by atoms with Crippen molar-refractivity contribution < 1.29 is 0 Å². The lowest BCUT2D eigenvalue weighted by molar-refractivity contribution is 1.45. The third kappa shape index (κ3) is 3.34. The Kier molecular flexibility index (Phi) is 3.86. The Morgan fingerprint density at radius 2 is 2.17 bits per heavy atom. The van der Waals surface area contributed by atoms with Crippen LogP contribution in [-0.2, 0) is 0 Å². The zero-order chi connectivity index (χ0) is 4.83. The molecule has 0 saturated carbocycles. The van der Waals surface area contributed by atoms with Gasteiger partial charge in [-0.15, -0.1) is 0 Å². The van der Waals surface area contributed by atoms with E-state index in [1.165, 1.54) is 6.34 Å². The van der Waals surface area contributed by atoms with Crippen LogP contribution in [0.2, 0.25) is 0 Å². The van der Waals surface area contributed by atoms with Gasteiger partial charge < -0.3 is 0 Å². The summed E-state index contributed by atoms with van der Waals surface area (Å²) in [4.78, 5) is 7.28. The van der Waals surface area contributed by atoms with E-state index in [9.17, 15) is 0 Å². The second-order valence-electron chi connectivity index (χ2n) is 0.781. The van der Waals surface area contributed by atoms with Gasteiger partial charge in [-0.25, -0.2) is 0 Å². The summed E-state index contributed by atoms with van der Waals surface area (Å²) in [5.74, 6) is 0. The average Bonchev–Trinajstić information content (AvgIpc) is 1.61. The summed E-state index contributed by atoms with van der Waals surface area (Å²) in [6.45, 7) is 1.85. The average molecular weight is 84.1 g/mol. The molecule has 0 spiro atoms. The Morgan fingerprint density at radius 3 is 2.33 bits per heavy atom. The van der Waals surface area contributed by atoms with Gasteiger partial charge in [0.15, 0.2) is 0 Å². The van der Waals surface area contributed by atoms with Crippen LogP contribution in [-0.4, -0.2) is 19.6 Å². The van der Waals surface area contributed by atoms with Crippen molar-refractivity contribution in [3.05, 3.63) is 0 Å². The summed E-state index contributed by atoms with van der Waals surface area (Å²) in [5.41, 5.74) is 0. The van der Waals surface area contributed by atoms with E-state index in [2.05, 4.69) is 9.98 Å². The van der Waals surface area contributed by atoms with Gasteiger partial charge in [-0.3, -0.25) is 9.98 Å². The van der Waals surface area contributed by atoms with Crippen molar-refractivity contribution in [2.45, 2.75) is 6.92 Å². The smallest absolute Gasteiger partial charge is 0.109 e. The van der Waals surface area contributed by atoms with Gasteiger partial charge in [-0.2, -0.15) is 0 Å². The standard InChI is InChI=1S/C4H8N2/c1-3-6-4-5-2/h3-4H,1-2H3/b5-4-,6-3+. The maximum absolute atomic E-state index is 3.67. The quantitative estimate of drug-likeness (QED) is 0.330. The summed E-state index contributed by atoms with van der Waals surface area (Å²) < 4.78 is 0. The van der Waals surface area contributed by atoms with Gasteiger partial charge in [-0.1, -0.05) is 0 Å². The third-order valence-corrected chi connectivity index (χ3v) is 0.331. The molecule has 2 heteroatoms. The minimum Gasteiger partial charge on any atom is -0.277 e. The van der Waals surface area contributed by atoms with Gasteiger partial charge in [-0.05, 0) is 6.92 Å². The zero-order valence-corrected chi connectivity index (χ0v) is 4.05. The van der Waals surface area contributed by atoms with Crippen LogP contribution in [0, 0.1) is 0 Å². The molecular formula is C4H8N2. The van der Waals surface area contributed by atoms with Crippen LogP contribution in [0.3, 0.4) is 0 Å². The Bertz CT molecular complexity index is 53.9. The highest BCUT2D eigenvalue weighted by Gasteiger charge is 1.48. The van der Waals surface area contributed by atoms with E-state index < -0.39 is 0 Å². The molecule has 0 aliphatic carbocycles. The molecule has 0 radical (unpaired) electrons. The molecule has 2 nitrogen and oxygen atoms in total. The fraction of sp³-hybridized carbons (Fsp3) is 0.500. The molecule has 0 rings (SSSR count). The second-order valence-corrected chi connectivity index (χ2v) is 0.781. The number of hydrogen-bond acceptors (Lipinski definition) is 1. The molecule has 0 bridgehead atoms. The Hall–Kier alpha value is -0.660. The molecule has 0 aromatic rings. The minimum atomic E-state index is 1.50. The highest BCUT2D eigenvalue weighted by atomic mass is 14.8. The van der Waals surface area contributed by atoms with Crippen molar-refractivity contribution in [1.29, 1.82) is 0 Å². The van der Waals surface area contributed by atoms with E-state index in [4.69, 9.17) is 0 Å². The summed E-state index contributed by atoms with van der Waals surface area (Å²) >= 11 is 0. The third-order valence-electron chi connectivity index (χ3n) is 0.331. The molecule has 0 unspecified atom stereocenters. The maximum Gasteiger partial charge on any atom is 0.109 e. The van der Waals surface area contributed by atoms with Crippen molar-refractivity contribution in [3.8, 4) is 0 Å². The summed E-state index contributed by atoms with van der Waals surface area (Å²) in [7, 11) is 1.69. The molecule has 0 fully saturated rings. The first kappa shape index (κ1) is 5.34. The largest absolute Gasteiger partial charge is 0.277 e. The van der Waals surface area contributed by atoms with Crippen molar-refractivity contribution in [2.24, 2.45) is 9.98 Å². The normalized spacial score (nSPS) is 11.7. The molecule has 34 valence electrons. The van der Waals surface area contributed by atoms with Gasteiger partial charge in [0.2, 0.25) is 0 Å². The molecule has 0 aliphatic rings. The van der Waals surface area contributed by atoms with Crippen molar-refractivity contribution in [3.63, 3.8) is 0 Å². The van der Waals surface area contributed by atoms with Crippen LogP contribution in [0.1, 0.15) is 6.92 Å². The molecule has 0 heterocycles. The number of rotatable bonds is 1. The first-order valence-corrected chi connectivity index (χ1v) is 1.80. The van der Waals surface area contributed by atoms with Crippen molar-refractivity contribution in [2.75, 3.05) is 7.05 Å². The molecule has 0 aromatic heterocycles. The van der Waals surface area contributed by atoms with Crippen LogP contribution in [0.5, 0.6) is 0 Å². The summed E-state index contributed by atoms with van der Waals surface area (Å²) in [5, 5.41) is 0. The van der Waals surface area contributed by atoms with Gasteiger partial charge in [0.1, 0.15) is 6.34 Å². The minimum absolute atomic E-state index is 1.50. The molecule has 0 N–H and O–H groups in total. The lowest BCUT2D eigenvalue weighted by Crippen LogP contribution is -1.61. The lowest BCUT2D eigenvalue weighted by Gasteiger charge is -1.64. The molecular weight excluding hydrogens is 76.1 g/mol. The van der Waals surface area contributed by atoms with E-state index in [0.717, 1.165) is 0 Å². The van der Waals surface area contributed by atoms with Crippen LogP contribution in [0.4, 0.5) is 0 Å². The van der Waals surface area contributed by atoms with Crippen molar-refractivity contribution in [1.82, 2.24) is 0 Å². The van der Waals surface area contributed by atoms with E-state index in [1.54, 1.807) is 13.3 Å².